The highest BCUT2D eigenvalue weighted by Crippen LogP contribution is 2.23. The summed E-state index contributed by atoms with van der Waals surface area (Å²) in [6.45, 7) is 1.37. The normalized spacial score (nSPS) is 16.8. The number of nitrogens with zero attached hydrogens (tertiary/aromatic N) is 3. The van der Waals surface area contributed by atoms with Crippen LogP contribution in [0.25, 0.3) is 5.65 Å². The maximum Gasteiger partial charge on any atom is 0.335 e. The van der Waals surface area contributed by atoms with Gasteiger partial charge in [-0.25, -0.2) is 9.78 Å². The zero-order chi connectivity index (χ0) is 19.0. The molecule has 4 rings (SSSR count). The standard InChI is InChI=1S/C20H18ClN3O3/c21-16-5-6-18-22-17(12-24(18)11-16)19(25)23-8-7-14(10-23)9-13-1-3-15(4-2-13)20(26)27/h1-6,11-12,14H,7-10H2,(H,26,27)/t14-/m1/s1. The highest BCUT2D eigenvalue weighted by atomic mass is 35.5. The maximum absolute atomic E-state index is 12.8. The van der Waals surface area contributed by atoms with Crippen LogP contribution >= 0.6 is 11.6 Å². The summed E-state index contributed by atoms with van der Waals surface area (Å²) in [5.74, 6) is -0.636. The van der Waals surface area contributed by atoms with Gasteiger partial charge in [0, 0.05) is 25.5 Å². The average molecular weight is 384 g/mol. The van der Waals surface area contributed by atoms with Crippen LogP contribution in [0.5, 0.6) is 0 Å². The van der Waals surface area contributed by atoms with Crippen molar-refractivity contribution in [1.29, 1.82) is 0 Å². The minimum Gasteiger partial charge on any atom is -0.478 e. The predicted molar refractivity (Wildman–Crippen MR) is 101 cm³/mol. The summed E-state index contributed by atoms with van der Waals surface area (Å²) in [5.41, 5.74) is 2.48. The molecule has 0 aliphatic carbocycles. The third-order valence-electron chi connectivity index (χ3n) is 4.93. The van der Waals surface area contributed by atoms with E-state index in [1.54, 1.807) is 41.1 Å². The van der Waals surface area contributed by atoms with E-state index in [4.69, 9.17) is 16.7 Å². The van der Waals surface area contributed by atoms with Crippen molar-refractivity contribution < 1.29 is 14.7 Å². The minimum absolute atomic E-state index is 0.0708. The second-order valence-corrected chi connectivity index (χ2v) is 7.29. The molecule has 0 spiro atoms. The Labute approximate surface area is 161 Å². The number of imidazole rings is 1. The molecule has 6 nitrogen and oxygen atoms in total. The van der Waals surface area contributed by atoms with Gasteiger partial charge in [-0.1, -0.05) is 23.7 Å². The summed E-state index contributed by atoms with van der Waals surface area (Å²) in [6.07, 6.45) is 5.19. The number of aromatic carboxylic acids is 1. The zero-order valence-electron chi connectivity index (χ0n) is 14.5. The fraction of sp³-hybridized carbons (Fsp3) is 0.250. The number of hydrogen-bond acceptors (Lipinski definition) is 3. The summed E-state index contributed by atoms with van der Waals surface area (Å²) < 4.78 is 1.76. The summed E-state index contributed by atoms with van der Waals surface area (Å²) in [4.78, 5) is 29.9. The molecular formula is C20H18ClN3O3. The zero-order valence-corrected chi connectivity index (χ0v) is 15.3. The monoisotopic (exact) mass is 383 g/mol. The molecule has 1 amide bonds. The van der Waals surface area contributed by atoms with E-state index < -0.39 is 5.97 Å². The first kappa shape index (κ1) is 17.5. The van der Waals surface area contributed by atoms with Crippen LogP contribution in [0.3, 0.4) is 0 Å². The quantitative estimate of drug-likeness (QED) is 0.749. The van der Waals surface area contributed by atoms with Crippen LogP contribution in [0.1, 0.15) is 32.8 Å². The van der Waals surface area contributed by atoms with E-state index in [1.807, 2.05) is 17.0 Å². The topological polar surface area (TPSA) is 74.9 Å². The molecule has 2 aromatic heterocycles. The first-order chi connectivity index (χ1) is 13.0. The van der Waals surface area contributed by atoms with E-state index in [-0.39, 0.29) is 11.5 Å². The molecule has 7 heteroatoms. The smallest absolute Gasteiger partial charge is 0.335 e. The molecule has 138 valence electrons. The molecule has 0 saturated carbocycles. The Bertz CT molecular complexity index is 1010. The van der Waals surface area contributed by atoms with E-state index in [0.29, 0.717) is 35.4 Å². The van der Waals surface area contributed by atoms with Crippen molar-refractivity contribution in [3.05, 3.63) is 70.6 Å². The Morgan fingerprint density at radius 2 is 1.93 bits per heavy atom. The van der Waals surface area contributed by atoms with Crippen molar-refractivity contribution >= 4 is 29.1 Å². The van der Waals surface area contributed by atoms with Gasteiger partial charge in [-0.15, -0.1) is 0 Å². The van der Waals surface area contributed by atoms with Crippen molar-refractivity contribution in [2.75, 3.05) is 13.1 Å². The highest BCUT2D eigenvalue weighted by molar-refractivity contribution is 6.30. The van der Waals surface area contributed by atoms with Gasteiger partial charge in [0.05, 0.1) is 10.6 Å². The van der Waals surface area contributed by atoms with Gasteiger partial charge in [0.2, 0.25) is 0 Å². The molecule has 0 radical (unpaired) electrons. The van der Waals surface area contributed by atoms with E-state index >= 15 is 0 Å². The number of benzene rings is 1. The average Bonchev–Trinajstić information content (AvgIpc) is 3.28. The molecule has 1 saturated heterocycles. The van der Waals surface area contributed by atoms with Gasteiger partial charge in [0.15, 0.2) is 0 Å². The lowest BCUT2D eigenvalue weighted by molar-refractivity contribution is 0.0696. The van der Waals surface area contributed by atoms with E-state index in [2.05, 4.69) is 4.98 Å². The van der Waals surface area contributed by atoms with Crippen molar-refractivity contribution in [3.8, 4) is 0 Å². The van der Waals surface area contributed by atoms with Gasteiger partial charge in [0.1, 0.15) is 11.3 Å². The molecule has 0 unspecified atom stereocenters. The van der Waals surface area contributed by atoms with Gasteiger partial charge in [0.25, 0.3) is 5.91 Å². The van der Waals surface area contributed by atoms with Crippen molar-refractivity contribution in [2.24, 2.45) is 5.92 Å². The minimum atomic E-state index is -0.923. The molecule has 1 aliphatic rings. The number of carbonyl (C=O) groups excluding carboxylic acids is 1. The molecule has 1 aromatic carbocycles. The molecule has 27 heavy (non-hydrogen) atoms. The second kappa shape index (κ2) is 7.04. The number of amides is 1. The summed E-state index contributed by atoms with van der Waals surface area (Å²) >= 11 is 5.98. The second-order valence-electron chi connectivity index (χ2n) is 6.85. The Hall–Kier alpha value is -2.86. The Kier molecular flexibility index (Phi) is 4.58. The lowest BCUT2D eigenvalue weighted by atomic mass is 9.98. The molecule has 1 N–H and O–H groups in total. The number of carboxylic acid groups (broad SMARTS) is 1. The van der Waals surface area contributed by atoms with Gasteiger partial charge >= 0.3 is 5.97 Å². The lowest BCUT2D eigenvalue weighted by Gasteiger charge is -2.15. The molecule has 0 bridgehead atoms. The van der Waals surface area contributed by atoms with E-state index in [1.165, 1.54) is 0 Å². The summed E-state index contributed by atoms with van der Waals surface area (Å²) in [5, 5.41) is 9.56. The number of aromatic nitrogens is 2. The molecule has 3 aromatic rings. The fourth-order valence-corrected chi connectivity index (χ4v) is 3.70. The number of hydrogen-bond donors (Lipinski definition) is 1. The highest BCUT2D eigenvalue weighted by Gasteiger charge is 2.28. The molecule has 1 atom stereocenters. The van der Waals surface area contributed by atoms with Crippen LogP contribution in [0.15, 0.2) is 48.8 Å². The third kappa shape index (κ3) is 3.66. The first-order valence-corrected chi connectivity index (χ1v) is 9.13. The molecule has 1 aliphatic heterocycles. The summed E-state index contributed by atoms with van der Waals surface area (Å²) in [6, 6.07) is 10.5. The van der Waals surface area contributed by atoms with Gasteiger partial charge in [-0.05, 0) is 48.6 Å². The SMILES string of the molecule is O=C(O)c1ccc(C[C@H]2CCN(C(=O)c3cn4cc(Cl)ccc4n3)C2)cc1. The van der Waals surface area contributed by atoms with Crippen molar-refractivity contribution in [1.82, 2.24) is 14.3 Å². The number of halogens is 1. The Morgan fingerprint density at radius 3 is 2.67 bits per heavy atom. The Balaban J connectivity index is 1.42. The molecule has 3 heterocycles. The summed E-state index contributed by atoms with van der Waals surface area (Å²) in [7, 11) is 0. The largest absolute Gasteiger partial charge is 0.478 e. The van der Waals surface area contributed by atoms with E-state index in [0.717, 1.165) is 18.4 Å². The number of rotatable bonds is 4. The molecule has 1 fully saturated rings. The number of carbonyl (C=O) groups is 2. The number of fused-ring (bicyclic) bond motifs is 1. The molecular weight excluding hydrogens is 366 g/mol. The van der Waals surface area contributed by atoms with Crippen molar-refractivity contribution in [2.45, 2.75) is 12.8 Å². The third-order valence-corrected chi connectivity index (χ3v) is 5.16. The van der Waals surface area contributed by atoms with Crippen LogP contribution in [0.4, 0.5) is 0 Å². The number of carboxylic acids is 1. The van der Waals surface area contributed by atoms with Crippen LogP contribution in [0, 0.1) is 5.92 Å². The van der Waals surface area contributed by atoms with Crippen molar-refractivity contribution in [3.63, 3.8) is 0 Å². The maximum atomic E-state index is 12.8. The van der Waals surface area contributed by atoms with Crippen LogP contribution in [-0.4, -0.2) is 44.4 Å². The Morgan fingerprint density at radius 1 is 1.15 bits per heavy atom. The van der Waals surface area contributed by atoms with Gasteiger partial charge in [-0.2, -0.15) is 0 Å². The fourth-order valence-electron chi connectivity index (χ4n) is 3.53. The van der Waals surface area contributed by atoms with Crippen LogP contribution in [-0.2, 0) is 6.42 Å². The first-order valence-electron chi connectivity index (χ1n) is 8.75. The van der Waals surface area contributed by atoms with Gasteiger partial charge < -0.3 is 14.4 Å². The van der Waals surface area contributed by atoms with E-state index in [9.17, 15) is 9.59 Å². The predicted octanol–water partition coefficient (Wildman–Crippen LogP) is 3.39. The lowest BCUT2D eigenvalue weighted by Crippen LogP contribution is -2.29. The number of likely N-dealkylation sites (tertiary alicyclic amines) is 1. The van der Waals surface area contributed by atoms with Crippen LogP contribution in [0.2, 0.25) is 5.02 Å². The number of pyridine rings is 1. The van der Waals surface area contributed by atoms with Crippen LogP contribution < -0.4 is 0 Å². The van der Waals surface area contributed by atoms with Gasteiger partial charge in [-0.3, -0.25) is 4.79 Å².